The molecule has 0 aromatic rings. The molecule has 196 valence electrons. The fourth-order valence-corrected chi connectivity index (χ4v) is 2.90. The SMILES string of the molecule is CC(=O)N(C(=O)[C@H](C)NC(=O)[C@@H](NC(=O)[C@@H](N)CC(=O)O)C(C)C)[C@@H](CC(=O)O)C(=O)C(=O)CF. The average molecular weight is 504 g/mol. The van der Waals surface area contributed by atoms with Crippen LogP contribution in [0.25, 0.3) is 0 Å². The molecule has 0 spiro atoms. The predicted octanol–water partition coefficient (Wildman–Crippen LogP) is -2.24. The van der Waals surface area contributed by atoms with E-state index in [0.717, 1.165) is 13.8 Å². The van der Waals surface area contributed by atoms with Crippen molar-refractivity contribution in [1.29, 1.82) is 0 Å². The first-order valence-electron chi connectivity index (χ1n) is 10.3. The Balaban J connectivity index is 5.78. The lowest BCUT2D eigenvalue weighted by molar-refractivity contribution is -0.156. The van der Waals surface area contributed by atoms with Crippen LogP contribution in [0, 0.1) is 5.92 Å². The van der Waals surface area contributed by atoms with Gasteiger partial charge in [0.2, 0.25) is 29.3 Å². The van der Waals surface area contributed by atoms with Crippen molar-refractivity contribution in [2.24, 2.45) is 11.7 Å². The molecule has 0 saturated carbocycles. The number of nitrogens with one attached hydrogen (secondary N) is 2. The zero-order chi connectivity index (χ0) is 27.6. The highest BCUT2D eigenvalue weighted by atomic mass is 19.1. The lowest BCUT2D eigenvalue weighted by atomic mass is 10.0. The third-order valence-electron chi connectivity index (χ3n) is 4.66. The van der Waals surface area contributed by atoms with E-state index in [9.17, 15) is 42.7 Å². The van der Waals surface area contributed by atoms with Crippen LogP contribution in [0.2, 0.25) is 0 Å². The number of hydrogen-bond donors (Lipinski definition) is 5. The summed E-state index contributed by atoms with van der Waals surface area (Å²) < 4.78 is 12.7. The fraction of sp³-hybridized carbons (Fsp3) is 0.600. The zero-order valence-electron chi connectivity index (χ0n) is 19.6. The number of halogens is 1. The Morgan fingerprint density at radius 1 is 0.886 bits per heavy atom. The number of amides is 4. The molecule has 0 aliphatic carbocycles. The van der Waals surface area contributed by atoms with Gasteiger partial charge in [-0.1, -0.05) is 13.8 Å². The molecule has 0 saturated heterocycles. The summed E-state index contributed by atoms with van der Waals surface area (Å²) in [5, 5.41) is 22.2. The van der Waals surface area contributed by atoms with Gasteiger partial charge in [0.25, 0.3) is 5.91 Å². The molecule has 6 N–H and O–H groups in total. The van der Waals surface area contributed by atoms with E-state index < -0.39 is 96.7 Å². The van der Waals surface area contributed by atoms with Crippen molar-refractivity contribution in [2.75, 3.05) is 6.67 Å². The van der Waals surface area contributed by atoms with Gasteiger partial charge < -0.3 is 26.6 Å². The highest BCUT2D eigenvalue weighted by Gasteiger charge is 2.40. The van der Waals surface area contributed by atoms with Gasteiger partial charge in [-0.2, -0.15) is 0 Å². The Labute approximate surface area is 199 Å². The molecule has 0 bridgehead atoms. The maximum atomic E-state index is 12.9. The van der Waals surface area contributed by atoms with Crippen molar-refractivity contribution in [1.82, 2.24) is 15.5 Å². The highest BCUT2D eigenvalue weighted by molar-refractivity contribution is 6.40. The van der Waals surface area contributed by atoms with E-state index in [1.807, 2.05) is 0 Å². The molecule has 0 aliphatic heterocycles. The van der Waals surface area contributed by atoms with Crippen LogP contribution >= 0.6 is 0 Å². The summed E-state index contributed by atoms with van der Waals surface area (Å²) in [5.41, 5.74) is 5.47. The van der Waals surface area contributed by atoms with E-state index in [-0.39, 0.29) is 4.90 Å². The lowest BCUT2D eigenvalue weighted by Gasteiger charge is -2.30. The molecule has 0 aliphatic rings. The minimum atomic E-state index is -2.14. The largest absolute Gasteiger partial charge is 0.481 e. The van der Waals surface area contributed by atoms with Crippen LogP contribution in [0.1, 0.15) is 40.5 Å². The standard InChI is InChI=1S/C20H29FN4O10/c1-8(2)16(24-18(33)11(22)5-14(28)29)19(34)23-9(3)20(35)25(10(4)26)12(6-15(30)31)17(32)13(27)7-21/h8-9,11-12,16H,5-7,22H2,1-4H3,(H,23,34)(H,24,33)(H,28,29)(H,30,31)/t9-,11-,12-,16-/m0/s1. The summed E-state index contributed by atoms with van der Waals surface area (Å²) in [4.78, 5) is 95.5. The van der Waals surface area contributed by atoms with Crippen molar-refractivity contribution in [3.05, 3.63) is 0 Å². The number of aliphatic carboxylic acids is 2. The van der Waals surface area contributed by atoms with Crippen molar-refractivity contribution in [2.45, 2.75) is 64.7 Å². The van der Waals surface area contributed by atoms with Gasteiger partial charge in [-0.05, 0) is 12.8 Å². The highest BCUT2D eigenvalue weighted by Crippen LogP contribution is 2.12. The fourth-order valence-electron chi connectivity index (χ4n) is 2.90. The van der Waals surface area contributed by atoms with Crippen LogP contribution < -0.4 is 16.4 Å². The van der Waals surface area contributed by atoms with Gasteiger partial charge >= 0.3 is 11.9 Å². The molecular formula is C20H29FN4O10. The average Bonchev–Trinajstić information content (AvgIpc) is 2.73. The Kier molecular flexibility index (Phi) is 12.4. The van der Waals surface area contributed by atoms with Gasteiger partial charge in [0, 0.05) is 6.92 Å². The number of alkyl halides is 1. The normalized spacial score (nSPS) is 14.1. The molecule has 15 heteroatoms. The number of nitrogens with zero attached hydrogens (tertiary/aromatic N) is 1. The number of hydrogen-bond acceptors (Lipinski definition) is 9. The van der Waals surface area contributed by atoms with E-state index in [1.165, 1.54) is 13.8 Å². The summed E-state index contributed by atoms with van der Waals surface area (Å²) in [7, 11) is 0. The van der Waals surface area contributed by atoms with Crippen LogP contribution in [0.5, 0.6) is 0 Å². The molecule has 0 radical (unpaired) electrons. The second kappa shape index (κ2) is 13.8. The van der Waals surface area contributed by atoms with E-state index >= 15 is 0 Å². The van der Waals surface area contributed by atoms with E-state index in [1.54, 1.807) is 0 Å². The number of carboxylic acid groups (broad SMARTS) is 2. The molecule has 0 aromatic heterocycles. The summed E-state index contributed by atoms with van der Waals surface area (Å²) in [6, 6.07) is -6.48. The van der Waals surface area contributed by atoms with Gasteiger partial charge in [0.05, 0.1) is 18.9 Å². The maximum absolute atomic E-state index is 12.9. The van der Waals surface area contributed by atoms with Crippen LogP contribution in [0.15, 0.2) is 0 Å². The third-order valence-corrected chi connectivity index (χ3v) is 4.66. The van der Waals surface area contributed by atoms with Crippen molar-refractivity contribution < 1.29 is 53.0 Å². The Morgan fingerprint density at radius 2 is 1.40 bits per heavy atom. The monoisotopic (exact) mass is 504 g/mol. The van der Waals surface area contributed by atoms with Crippen LogP contribution in [0.3, 0.4) is 0 Å². The number of Topliss-reactive ketones (excluding diaryl/α,β-unsaturated/α-hetero) is 2. The van der Waals surface area contributed by atoms with Crippen LogP contribution in [-0.4, -0.2) is 93.1 Å². The maximum Gasteiger partial charge on any atom is 0.305 e. The smallest absolute Gasteiger partial charge is 0.305 e. The number of carboxylic acids is 2. The summed E-state index contributed by atoms with van der Waals surface area (Å²) >= 11 is 0. The van der Waals surface area contributed by atoms with Gasteiger partial charge in [0.15, 0.2) is 6.67 Å². The quantitative estimate of drug-likeness (QED) is 0.159. The Bertz CT molecular complexity index is 891. The molecule has 4 atom stereocenters. The first kappa shape index (κ1) is 31.2. The van der Waals surface area contributed by atoms with Gasteiger partial charge in [0.1, 0.15) is 18.1 Å². The zero-order valence-corrected chi connectivity index (χ0v) is 19.6. The first-order chi connectivity index (χ1) is 16.0. The molecule has 0 fully saturated rings. The third kappa shape index (κ3) is 9.56. The summed E-state index contributed by atoms with van der Waals surface area (Å²) in [6.07, 6.45) is -1.89. The van der Waals surface area contributed by atoms with E-state index in [2.05, 4.69) is 10.6 Å². The second-order valence-electron chi connectivity index (χ2n) is 7.93. The first-order valence-corrected chi connectivity index (χ1v) is 10.3. The van der Waals surface area contributed by atoms with Crippen molar-refractivity contribution in [3.63, 3.8) is 0 Å². The van der Waals surface area contributed by atoms with Crippen LogP contribution in [-0.2, 0) is 38.4 Å². The van der Waals surface area contributed by atoms with E-state index in [0.29, 0.717) is 0 Å². The number of nitrogens with two attached hydrogens (primary N) is 1. The lowest BCUT2D eigenvalue weighted by Crippen LogP contribution is -2.59. The molecule has 35 heavy (non-hydrogen) atoms. The van der Waals surface area contributed by atoms with Gasteiger partial charge in [-0.3, -0.25) is 43.3 Å². The summed E-state index contributed by atoms with van der Waals surface area (Å²) in [5.74, 6) is -11.2. The van der Waals surface area contributed by atoms with Gasteiger partial charge in [-0.25, -0.2) is 4.39 Å². The number of imide groups is 1. The molecule has 0 unspecified atom stereocenters. The molecule has 0 heterocycles. The number of carbonyl (C=O) groups excluding carboxylic acids is 6. The van der Waals surface area contributed by atoms with Gasteiger partial charge in [-0.15, -0.1) is 0 Å². The van der Waals surface area contributed by atoms with E-state index in [4.69, 9.17) is 15.9 Å². The summed E-state index contributed by atoms with van der Waals surface area (Å²) in [6.45, 7) is 3.15. The molecule has 0 aromatic carbocycles. The number of carbonyl (C=O) groups is 8. The Hall–Kier alpha value is -3.75. The Morgan fingerprint density at radius 3 is 1.80 bits per heavy atom. The molecular weight excluding hydrogens is 475 g/mol. The molecule has 0 rings (SSSR count). The van der Waals surface area contributed by atoms with Crippen molar-refractivity contribution >= 4 is 47.1 Å². The van der Waals surface area contributed by atoms with Crippen molar-refractivity contribution in [3.8, 4) is 0 Å². The predicted molar refractivity (Wildman–Crippen MR) is 114 cm³/mol. The van der Waals surface area contributed by atoms with Crippen LogP contribution in [0.4, 0.5) is 4.39 Å². The number of rotatable bonds is 14. The minimum absolute atomic E-state index is 0.153. The molecule has 4 amide bonds. The minimum Gasteiger partial charge on any atom is -0.481 e. The topological polar surface area (TPSA) is 230 Å². The second-order valence-corrected chi connectivity index (χ2v) is 7.93. The number of ketones is 2. The molecule has 14 nitrogen and oxygen atoms in total.